The molecule has 6 rings (SSSR count). The molecule has 7 heteroatoms. The minimum absolute atomic E-state index is 0.198. The number of fused-ring (bicyclic) bond motifs is 1. The molecule has 3 aromatic heterocycles. The van der Waals surface area contributed by atoms with E-state index in [0.717, 1.165) is 28.2 Å². The molecule has 1 amide bonds. The average Bonchev–Trinajstić information content (AvgIpc) is 3.39. The lowest BCUT2D eigenvalue weighted by Gasteiger charge is -2.09. The van der Waals surface area contributed by atoms with E-state index in [-0.39, 0.29) is 5.91 Å². The van der Waals surface area contributed by atoms with E-state index in [0.29, 0.717) is 22.7 Å². The lowest BCUT2D eigenvalue weighted by atomic mass is 10.1. The fourth-order valence-corrected chi connectivity index (χ4v) is 4.05. The molecule has 0 radical (unpaired) electrons. The normalized spacial score (nSPS) is 10.8. The molecular formula is C30H22N6O. The Morgan fingerprint density at radius 3 is 2.11 bits per heavy atom. The van der Waals surface area contributed by atoms with Crippen LogP contribution in [0, 0.1) is 0 Å². The monoisotopic (exact) mass is 482 g/mol. The predicted octanol–water partition coefficient (Wildman–Crippen LogP) is 6.45. The summed E-state index contributed by atoms with van der Waals surface area (Å²) in [5.74, 6) is 0.490. The number of hydrogen-bond acceptors (Lipinski definition) is 5. The van der Waals surface area contributed by atoms with Gasteiger partial charge in [0.15, 0.2) is 0 Å². The number of rotatable bonds is 6. The van der Waals surface area contributed by atoms with Gasteiger partial charge in [-0.1, -0.05) is 60.7 Å². The van der Waals surface area contributed by atoms with Crippen LogP contribution in [0.4, 0.5) is 17.2 Å². The van der Waals surface area contributed by atoms with Crippen molar-refractivity contribution in [1.29, 1.82) is 0 Å². The van der Waals surface area contributed by atoms with Gasteiger partial charge in [0.05, 0.1) is 11.4 Å². The predicted molar refractivity (Wildman–Crippen MR) is 146 cm³/mol. The Morgan fingerprint density at radius 1 is 0.703 bits per heavy atom. The lowest BCUT2D eigenvalue weighted by molar-refractivity contribution is 0.102. The zero-order valence-electron chi connectivity index (χ0n) is 19.7. The second-order valence-electron chi connectivity index (χ2n) is 8.48. The lowest BCUT2D eigenvalue weighted by Crippen LogP contribution is -2.12. The number of aromatic nitrogens is 4. The Kier molecular flexibility index (Phi) is 5.85. The highest BCUT2D eigenvalue weighted by molar-refractivity contribution is 6.04. The van der Waals surface area contributed by atoms with Crippen LogP contribution in [0.5, 0.6) is 0 Å². The van der Waals surface area contributed by atoms with Crippen LogP contribution >= 0.6 is 0 Å². The van der Waals surface area contributed by atoms with Crippen molar-refractivity contribution in [1.82, 2.24) is 19.4 Å². The van der Waals surface area contributed by atoms with Crippen LogP contribution in [0.2, 0.25) is 0 Å². The van der Waals surface area contributed by atoms with Gasteiger partial charge in [0.2, 0.25) is 0 Å². The number of benzene rings is 3. The average molecular weight is 483 g/mol. The minimum atomic E-state index is -0.198. The number of carbonyl (C=O) groups is 1. The Labute approximate surface area is 213 Å². The second-order valence-corrected chi connectivity index (χ2v) is 8.48. The van der Waals surface area contributed by atoms with Gasteiger partial charge in [-0.25, -0.2) is 15.0 Å². The van der Waals surface area contributed by atoms with E-state index < -0.39 is 0 Å². The first-order valence-corrected chi connectivity index (χ1v) is 11.8. The molecule has 0 bridgehead atoms. The quantitative estimate of drug-likeness (QED) is 0.285. The summed E-state index contributed by atoms with van der Waals surface area (Å²) in [4.78, 5) is 26.3. The smallest absolute Gasteiger partial charge is 0.255 e. The molecular weight excluding hydrogens is 460 g/mol. The van der Waals surface area contributed by atoms with E-state index in [1.807, 2.05) is 108 Å². The zero-order chi connectivity index (χ0) is 25.0. The van der Waals surface area contributed by atoms with Crippen molar-refractivity contribution >= 4 is 28.7 Å². The molecule has 7 nitrogen and oxygen atoms in total. The van der Waals surface area contributed by atoms with Gasteiger partial charge in [-0.15, -0.1) is 0 Å². The highest BCUT2D eigenvalue weighted by atomic mass is 16.1. The fourth-order valence-electron chi connectivity index (χ4n) is 4.05. The fraction of sp³-hybridized carbons (Fsp3) is 0. The number of amides is 1. The molecule has 3 aromatic carbocycles. The van der Waals surface area contributed by atoms with Crippen molar-refractivity contribution in [3.63, 3.8) is 0 Å². The summed E-state index contributed by atoms with van der Waals surface area (Å²) >= 11 is 0. The SMILES string of the molecule is O=C(Nc1ccc(Nc2cc(-c3ccccc3)ncn2)cc1)c1ccn2cc(-c3ccccc3)nc2c1. The number of imidazole rings is 1. The van der Waals surface area contributed by atoms with Gasteiger partial charge in [-0.2, -0.15) is 0 Å². The van der Waals surface area contributed by atoms with Gasteiger partial charge in [0.1, 0.15) is 17.8 Å². The van der Waals surface area contributed by atoms with E-state index in [9.17, 15) is 4.79 Å². The first-order chi connectivity index (χ1) is 18.2. The number of pyridine rings is 1. The number of anilines is 3. The van der Waals surface area contributed by atoms with Crippen LogP contribution in [0.3, 0.4) is 0 Å². The number of nitrogens with zero attached hydrogens (tertiary/aromatic N) is 4. The van der Waals surface area contributed by atoms with Gasteiger partial charge in [-0.3, -0.25) is 4.79 Å². The maximum Gasteiger partial charge on any atom is 0.255 e. The van der Waals surface area contributed by atoms with E-state index >= 15 is 0 Å². The Hall–Kier alpha value is -5.30. The molecule has 0 aliphatic carbocycles. The van der Waals surface area contributed by atoms with Gasteiger partial charge in [-0.05, 0) is 36.4 Å². The third kappa shape index (κ3) is 4.92. The molecule has 0 unspecified atom stereocenters. The number of carbonyl (C=O) groups excluding carboxylic acids is 1. The van der Waals surface area contributed by atoms with Crippen molar-refractivity contribution < 1.29 is 4.79 Å². The summed E-state index contributed by atoms with van der Waals surface area (Å²) in [6.45, 7) is 0. The molecule has 37 heavy (non-hydrogen) atoms. The molecule has 0 aliphatic heterocycles. The van der Waals surface area contributed by atoms with Crippen molar-refractivity contribution in [2.24, 2.45) is 0 Å². The van der Waals surface area contributed by atoms with Crippen molar-refractivity contribution in [2.75, 3.05) is 10.6 Å². The van der Waals surface area contributed by atoms with Crippen LogP contribution in [0.25, 0.3) is 28.2 Å². The van der Waals surface area contributed by atoms with E-state index in [1.54, 1.807) is 18.5 Å². The highest BCUT2D eigenvalue weighted by Crippen LogP contribution is 2.23. The molecule has 6 aromatic rings. The Bertz CT molecular complexity index is 1680. The van der Waals surface area contributed by atoms with Crippen LogP contribution in [-0.2, 0) is 0 Å². The maximum absolute atomic E-state index is 12.9. The largest absolute Gasteiger partial charge is 0.340 e. The molecule has 178 valence electrons. The third-order valence-electron chi connectivity index (χ3n) is 5.94. The number of nitrogens with one attached hydrogen (secondary N) is 2. The topological polar surface area (TPSA) is 84.2 Å². The summed E-state index contributed by atoms with van der Waals surface area (Å²) in [5, 5.41) is 6.24. The van der Waals surface area contributed by atoms with Crippen LogP contribution < -0.4 is 10.6 Å². The van der Waals surface area contributed by atoms with Gasteiger partial charge in [0.25, 0.3) is 5.91 Å². The summed E-state index contributed by atoms with van der Waals surface area (Å²) in [6.07, 6.45) is 5.35. The van der Waals surface area contributed by atoms with E-state index in [4.69, 9.17) is 0 Å². The molecule has 0 spiro atoms. The highest BCUT2D eigenvalue weighted by Gasteiger charge is 2.10. The second kappa shape index (κ2) is 9.75. The standard InChI is InChI=1S/C30H22N6O/c37-30(23-15-16-36-19-27(35-29(36)17-23)22-9-5-2-6-10-22)34-25-13-11-24(12-14-25)33-28-18-26(31-20-32-28)21-7-3-1-4-8-21/h1-20H,(H,34,37)(H,31,32,33). The summed E-state index contributed by atoms with van der Waals surface area (Å²) in [5.41, 5.74) is 6.55. The first kappa shape index (κ1) is 22.2. The molecule has 3 heterocycles. The number of hydrogen-bond donors (Lipinski definition) is 2. The molecule has 0 saturated heterocycles. The van der Waals surface area contributed by atoms with Crippen molar-refractivity contribution in [2.45, 2.75) is 0 Å². The Morgan fingerprint density at radius 2 is 1.38 bits per heavy atom. The van der Waals surface area contributed by atoms with E-state index in [2.05, 4.69) is 25.6 Å². The third-order valence-corrected chi connectivity index (χ3v) is 5.94. The summed E-state index contributed by atoms with van der Waals surface area (Å²) < 4.78 is 1.91. The minimum Gasteiger partial charge on any atom is -0.340 e. The van der Waals surface area contributed by atoms with Crippen molar-refractivity contribution in [3.05, 3.63) is 127 Å². The first-order valence-electron chi connectivity index (χ1n) is 11.8. The van der Waals surface area contributed by atoms with E-state index in [1.165, 1.54) is 0 Å². The van der Waals surface area contributed by atoms with Gasteiger partial charge < -0.3 is 15.0 Å². The molecule has 0 fully saturated rings. The molecule has 0 aliphatic rings. The van der Waals surface area contributed by atoms with Crippen LogP contribution in [-0.4, -0.2) is 25.3 Å². The van der Waals surface area contributed by atoms with Crippen LogP contribution in [0.1, 0.15) is 10.4 Å². The molecule has 0 saturated carbocycles. The van der Waals surface area contributed by atoms with Gasteiger partial charge >= 0.3 is 0 Å². The van der Waals surface area contributed by atoms with Gasteiger partial charge in [0, 0.05) is 46.5 Å². The Balaban J connectivity index is 1.14. The molecule has 2 N–H and O–H groups in total. The molecule has 0 atom stereocenters. The summed E-state index contributed by atoms with van der Waals surface area (Å²) in [7, 11) is 0. The zero-order valence-corrected chi connectivity index (χ0v) is 19.7. The maximum atomic E-state index is 12.9. The van der Waals surface area contributed by atoms with Crippen molar-refractivity contribution in [3.8, 4) is 22.5 Å². The summed E-state index contributed by atoms with van der Waals surface area (Å²) in [6, 6.07) is 32.9. The van der Waals surface area contributed by atoms with Crippen LogP contribution in [0.15, 0.2) is 122 Å².